The van der Waals surface area contributed by atoms with Gasteiger partial charge in [0.25, 0.3) is 0 Å². The minimum atomic E-state index is 0.334. The summed E-state index contributed by atoms with van der Waals surface area (Å²) in [6.45, 7) is 4.92. The Morgan fingerprint density at radius 1 is 1.64 bits per heavy atom. The van der Waals surface area contributed by atoms with E-state index in [0.29, 0.717) is 6.04 Å². The maximum Gasteiger partial charge on any atom is 0.0547 e. The lowest BCUT2D eigenvalue weighted by Gasteiger charge is -2.12. The Morgan fingerprint density at radius 3 is 3.00 bits per heavy atom. The number of aromatic nitrogens is 2. The summed E-state index contributed by atoms with van der Waals surface area (Å²) in [6, 6.07) is 2.37. The van der Waals surface area contributed by atoms with Crippen molar-refractivity contribution in [3.8, 4) is 11.8 Å². The average Bonchev–Trinajstić information content (AvgIpc) is 2.59. The summed E-state index contributed by atoms with van der Waals surface area (Å²) in [4.78, 5) is 0. The van der Waals surface area contributed by atoms with E-state index in [-0.39, 0.29) is 0 Å². The third kappa shape index (κ3) is 2.90. The third-order valence-corrected chi connectivity index (χ3v) is 2.18. The van der Waals surface area contributed by atoms with Gasteiger partial charge in [0.05, 0.1) is 5.69 Å². The van der Waals surface area contributed by atoms with Gasteiger partial charge in [-0.3, -0.25) is 4.68 Å². The second kappa shape index (κ2) is 5.46. The van der Waals surface area contributed by atoms with Crippen molar-refractivity contribution >= 4 is 0 Å². The van der Waals surface area contributed by atoms with Crippen LogP contribution in [-0.4, -0.2) is 16.3 Å². The number of aryl methyl sites for hydroxylation is 1. The molecule has 1 N–H and O–H groups in total. The fraction of sp³-hybridized carbons (Fsp3) is 0.545. The molecule has 0 aliphatic rings. The maximum atomic E-state index is 4.13. The van der Waals surface area contributed by atoms with E-state index in [9.17, 15) is 0 Å². The molecule has 3 nitrogen and oxygen atoms in total. The summed E-state index contributed by atoms with van der Waals surface area (Å²) in [5, 5.41) is 7.53. The molecule has 1 aromatic rings. The van der Waals surface area contributed by atoms with Crippen molar-refractivity contribution in [2.75, 3.05) is 6.54 Å². The van der Waals surface area contributed by atoms with E-state index in [0.717, 1.165) is 13.0 Å². The Labute approximate surface area is 85.5 Å². The molecule has 0 spiro atoms. The van der Waals surface area contributed by atoms with E-state index >= 15 is 0 Å². The lowest BCUT2D eigenvalue weighted by atomic mass is 10.2. The molecule has 76 valence electrons. The third-order valence-electron chi connectivity index (χ3n) is 2.18. The van der Waals surface area contributed by atoms with Crippen LogP contribution in [0.4, 0.5) is 0 Å². The molecule has 0 fully saturated rings. The molecule has 0 saturated carbocycles. The highest BCUT2D eigenvalue weighted by Crippen LogP contribution is 2.09. The smallest absolute Gasteiger partial charge is 0.0547 e. The molecule has 1 rings (SSSR count). The number of nitrogens with zero attached hydrogens (tertiary/aromatic N) is 2. The standard InChI is InChI=1S/C11H17N3/c1-4-5-6-8-12-10(2)11-7-9-13-14(11)3/h7,9-10,12H,6,8H2,1-3H3. The van der Waals surface area contributed by atoms with Crippen molar-refractivity contribution in [1.82, 2.24) is 15.1 Å². The first-order chi connectivity index (χ1) is 6.75. The fourth-order valence-electron chi connectivity index (χ4n) is 1.39. The normalized spacial score (nSPS) is 11.9. The summed E-state index contributed by atoms with van der Waals surface area (Å²) >= 11 is 0. The molecule has 0 amide bonds. The van der Waals surface area contributed by atoms with Gasteiger partial charge in [0.2, 0.25) is 0 Å². The highest BCUT2D eigenvalue weighted by atomic mass is 15.3. The van der Waals surface area contributed by atoms with Crippen LogP contribution in [0.15, 0.2) is 12.3 Å². The second-order valence-corrected chi connectivity index (χ2v) is 3.23. The first-order valence-electron chi connectivity index (χ1n) is 4.86. The largest absolute Gasteiger partial charge is 0.308 e. The van der Waals surface area contributed by atoms with Crippen LogP contribution in [0.25, 0.3) is 0 Å². The molecule has 0 bridgehead atoms. The van der Waals surface area contributed by atoms with Crippen LogP contribution in [0.5, 0.6) is 0 Å². The molecule has 0 saturated heterocycles. The van der Waals surface area contributed by atoms with Gasteiger partial charge < -0.3 is 5.32 Å². The first kappa shape index (κ1) is 10.8. The summed E-state index contributed by atoms with van der Waals surface area (Å²) < 4.78 is 1.89. The van der Waals surface area contributed by atoms with E-state index in [1.807, 2.05) is 30.9 Å². The fourth-order valence-corrected chi connectivity index (χ4v) is 1.39. The van der Waals surface area contributed by atoms with Crippen LogP contribution in [0.3, 0.4) is 0 Å². The van der Waals surface area contributed by atoms with Crippen LogP contribution in [0, 0.1) is 11.8 Å². The lowest BCUT2D eigenvalue weighted by molar-refractivity contribution is 0.537. The molecule has 0 aliphatic carbocycles. The van der Waals surface area contributed by atoms with Crippen molar-refractivity contribution in [2.24, 2.45) is 7.05 Å². The van der Waals surface area contributed by atoms with Gasteiger partial charge in [-0.15, -0.1) is 11.8 Å². The highest BCUT2D eigenvalue weighted by Gasteiger charge is 2.06. The quantitative estimate of drug-likeness (QED) is 0.577. The van der Waals surface area contributed by atoms with Crippen LogP contribution in [-0.2, 0) is 7.05 Å². The Hall–Kier alpha value is -1.27. The predicted molar refractivity (Wildman–Crippen MR) is 57.7 cm³/mol. The Balaban J connectivity index is 2.38. The summed E-state index contributed by atoms with van der Waals surface area (Å²) in [7, 11) is 1.96. The van der Waals surface area contributed by atoms with Gasteiger partial charge in [-0.2, -0.15) is 5.10 Å². The molecular formula is C11H17N3. The molecular weight excluding hydrogens is 174 g/mol. The van der Waals surface area contributed by atoms with Crippen molar-refractivity contribution in [1.29, 1.82) is 0 Å². The Morgan fingerprint density at radius 2 is 2.43 bits per heavy atom. The summed E-state index contributed by atoms with van der Waals surface area (Å²) in [5.41, 5.74) is 1.20. The average molecular weight is 191 g/mol. The van der Waals surface area contributed by atoms with E-state index in [2.05, 4.69) is 29.2 Å². The molecule has 1 aromatic heterocycles. The van der Waals surface area contributed by atoms with Gasteiger partial charge in [-0.1, -0.05) is 0 Å². The Kier molecular flexibility index (Phi) is 4.21. The zero-order valence-electron chi connectivity index (χ0n) is 9.04. The molecule has 1 unspecified atom stereocenters. The zero-order valence-corrected chi connectivity index (χ0v) is 9.04. The van der Waals surface area contributed by atoms with E-state index in [1.165, 1.54) is 5.69 Å². The van der Waals surface area contributed by atoms with Gasteiger partial charge >= 0.3 is 0 Å². The van der Waals surface area contributed by atoms with Crippen LogP contribution in [0.1, 0.15) is 32.0 Å². The second-order valence-electron chi connectivity index (χ2n) is 3.23. The molecule has 14 heavy (non-hydrogen) atoms. The van der Waals surface area contributed by atoms with Crippen LogP contribution >= 0.6 is 0 Å². The highest BCUT2D eigenvalue weighted by molar-refractivity contribution is 5.05. The summed E-state index contributed by atoms with van der Waals surface area (Å²) in [5.74, 6) is 5.91. The van der Waals surface area contributed by atoms with Crippen molar-refractivity contribution in [3.63, 3.8) is 0 Å². The molecule has 0 aromatic carbocycles. The molecule has 1 heterocycles. The SMILES string of the molecule is CC#CCCNC(C)c1ccnn1C. The minimum absolute atomic E-state index is 0.334. The number of nitrogens with one attached hydrogen (secondary N) is 1. The van der Waals surface area contributed by atoms with Gasteiger partial charge in [0.15, 0.2) is 0 Å². The molecule has 1 atom stereocenters. The van der Waals surface area contributed by atoms with Crippen LogP contribution < -0.4 is 5.32 Å². The first-order valence-corrected chi connectivity index (χ1v) is 4.86. The monoisotopic (exact) mass is 191 g/mol. The van der Waals surface area contributed by atoms with Crippen molar-refractivity contribution in [2.45, 2.75) is 26.3 Å². The summed E-state index contributed by atoms with van der Waals surface area (Å²) in [6.07, 6.45) is 2.72. The van der Waals surface area contributed by atoms with Crippen molar-refractivity contribution in [3.05, 3.63) is 18.0 Å². The molecule has 0 radical (unpaired) electrons. The van der Waals surface area contributed by atoms with Gasteiger partial charge in [-0.05, 0) is 19.9 Å². The van der Waals surface area contributed by atoms with Gasteiger partial charge in [0.1, 0.15) is 0 Å². The number of hydrogen-bond donors (Lipinski definition) is 1. The number of hydrogen-bond acceptors (Lipinski definition) is 2. The number of rotatable bonds is 4. The maximum absolute atomic E-state index is 4.13. The lowest BCUT2D eigenvalue weighted by Crippen LogP contribution is -2.21. The van der Waals surface area contributed by atoms with Crippen molar-refractivity contribution < 1.29 is 0 Å². The Bertz CT molecular complexity index is 330. The molecule has 0 aliphatic heterocycles. The minimum Gasteiger partial charge on any atom is -0.308 e. The topological polar surface area (TPSA) is 29.9 Å². The van der Waals surface area contributed by atoms with E-state index in [1.54, 1.807) is 0 Å². The van der Waals surface area contributed by atoms with E-state index in [4.69, 9.17) is 0 Å². The molecule has 3 heteroatoms. The van der Waals surface area contributed by atoms with Crippen LogP contribution in [0.2, 0.25) is 0 Å². The predicted octanol–water partition coefficient (Wildman–Crippen LogP) is 1.48. The van der Waals surface area contributed by atoms with E-state index < -0.39 is 0 Å². The van der Waals surface area contributed by atoms with Gasteiger partial charge in [0, 0.05) is 32.3 Å². The van der Waals surface area contributed by atoms with Gasteiger partial charge in [-0.25, -0.2) is 0 Å². The zero-order chi connectivity index (χ0) is 10.4.